The third kappa shape index (κ3) is 6.09. The molecule has 7 aromatic carbocycles. The van der Waals surface area contributed by atoms with Gasteiger partial charge in [-0.3, -0.25) is 4.40 Å². The summed E-state index contributed by atoms with van der Waals surface area (Å²) < 4.78 is 2.09. The van der Waals surface area contributed by atoms with Crippen LogP contribution in [0.15, 0.2) is 188 Å². The summed E-state index contributed by atoms with van der Waals surface area (Å²) in [6.45, 7) is 0. The highest BCUT2D eigenvalue weighted by Crippen LogP contribution is 2.34. The van der Waals surface area contributed by atoms with Crippen molar-refractivity contribution in [2.45, 2.75) is 0 Å². The summed E-state index contributed by atoms with van der Waals surface area (Å²) in [5.74, 6) is 3.35. The molecule has 0 fully saturated rings. The van der Waals surface area contributed by atoms with Gasteiger partial charge >= 0.3 is 0 Å². The standard InChI is InChI=1S/C48H31N7/c1-4-15-32(16-5-1)35-21-13-26-40(30-35)47-53-54-48-41-27-10-11-28-42(41)49-46(55(47)48)39-25-14-23-37(31-39)36-22-12-24-38(29-36)45-51-43(33-17-6-2-7-18-33)50-44(52-45)34-19-8-3-9-20-34/h1-31H. The summed E-state index contributed by atoms with van der Waals surface area (Å²) in [4.78, 5) is 20.1. The van der Waals surface area contributed by atoms with Crippen molar-refractivity contribution in [3.8, 4) is 79.2 Å². The number of hydrogen-bond donors (Lipinski definition) is 0. The SMILES string of the molecule is c1ccc(-c2cccc(-c3nnc4c5ccccc5nc(-c5cccc(-c6cccc(-c7nc(-c8ccccc8)nc(-c8ccccc8)n7)c6)c5)n34)c2)cc1. The molecule has 0 aliphatic carbocycles. The molecule has 55 heavy (non-hydrogen) atoms. The number of para-hydroxylation sites is 1. The van der Waals surface area contributed by atoms with Crippen LogP contribution in [0.3, 0.4) is 0 Å². The number of benzene rings is 7. The molecule has 0 atom stereocenters. The average Bonchev–Trinajstić information content (AvgIpc) is 3.73. The lowest BCUT2D eigenvalue weighted by Crippen LogP contribution is -2.00. The van der Waals surface area contributed by atoms with Crippen molar-refractivity contribution in [3.63, 3.8) is 0 Å². The highest BCUT2D eigenvalue weighted by molar-refractivity contribution is 5.94. The molecule has 3 aromatic heterocycles. The zero-order valence-corrected chi connectivity index (χ0v) is 29.5. The van der Waals surface area contributed by atoms with Crippen molar-refractivity contribution < 1.29 is 0 Å². The minimum Gasteiger partial charge on any atom is -0.258 e. The number of fused-ring (bicyclic) bond motifs is 3. The number of rotatable bonds is 7. The second-order valence-electron chi connectivity index (χ2n) is 13.3. The van der Waals surface area contributed by atoms with Gasteiger partial charge in [0, 0.05) is 33.2 Å². The molecule has 0 spiro atoms. The molecule has 0 amide bonds. The van der Waals surface area contributed by atoms with Crippen LogP contribution in [0, 0.1) is 0 Å². The van der Waals surface area contributed by atoms with Crippen molar-refractivity contribution >= 4 is 16.6 Å². The highest BCUT2D eigenvalue weighted by Gasteiger charge is 2.19. The molecule has 0 unspecified atom stereocenters. The van der Waals surface area contributed by atoms with E-state index in [1.165, 1.54) is 0 Å². The molecule has 0 aliphatic heterocycles. The lowest BCUT2D eigenvalue weighted by atomic mass is 10.00. The third-order valence-corrected chi connectivity index (χ3v) is 9.75. The topological polar surface area (TPSA) is 81.8 Å². The largest absolute Gasteiger partial charge is 0.258 e. The smallest absolute Gasteiger partial charge is 0.172 e. The Kier molecular flexibility index (Phi) is 8.00. The van der Waals surface area contributed by atoms with Crippen LogP contribution in [0.2, 0.25) is 0 Å². The van der Waals surface area contributed by atoms with Crippen molar-refractivity contribution in [2.75, 3.05) is 0 Å². The molecule has 0 saturated heterocycles. The Hall–Kier alpha value is -7.64. The Balaban J connectivity index is 1.10. The van der Waals surface area contributed by atoms with Crippen molar-refractivity contribution in [3.05, 3.63) is 188 Å². The Labute approximate surface area is 317 Å². The summed E-state index contributed by atoms with van der Waals surface area (Å²) in [5, 5.41) is 10.5. The van der Waals surface area contributed by atoms with Crippen molar-refractivity contribution in [1.82, 2.24) is 34.5 Å². The molecule has 0 bridgehead atoms. The predicted molar refractivity (Wildman–Crippen MR) is 220 cm³/mol. The van der Waals surface area contributed by atoms with E-state index in [2.05, 4.69) is 101 Å². The van der Waals surface area contributed by atoms with Gasteiger partial charge in [-0.05, 0) is 52.6 Å². The average molecular weight is 706 g/mol. The van der Waals surface area contributed by atoms with E-state index in [9.17, 15) is 0 Å². The van der Waals surface area contributed by atoms with E-state index in [0.717, 1.165) is 78.3 Å². The summed E-state index contributed by atoms with van der Waals surface area (Å²) in [6, 6.07) is 63.8. The van der Waals surface area contributed by atoms with Gasteiger partial charge in [0.15, 0.2) is 28.9 Å². The minimum absolute atomic E-state index is 0.607. The van der Waals surface area contributed by atoms with E-state index in [0.29, 0.717) is 17.5 Å². The van der Waals surface area contributed by atoms with Gasteiger partial charge in [0.2, 0.25) is 0 Å². The van der Waals surface area contributed by atoms with Crippen LogP contribution in [0.5, 0.6) is 0 Å². The molecule has 3 heterocycles. The normalized spacial score (nSPS) is 11.3. The van der Waals surface area contributed by atoms with Crippen LogP contribution in [0.25, 0.3) is 95.7 Å². The molecule has 0 radical (unpaired) electrons. The van der Waals surface area contributed by atoms with Crippen molar-refractivity contribution in [2.24, 2.45) is 0 Å². The molecule has 7 nitrogen and oxygen atoms in total. The van der Waals surface area contributed by atoms with E-state index in [1.54, 1.807) is 0 Å². The van der Waals surface area contributed by atoms with Crippen LogP contribution >= 0.6 is 0 Å². The summed E-state index contributed by atoms with van der Waals surface area (Å²) in [6.07, 6.45) is 0. The second-order valence-corrected chi connectivity index (χ2v) is 13.3. The summed E-state index contributed by atoms with van der Waals surface area (Å²) in [5.41, 5.74) is 10.6. The lowest BCUT2D eigenvalue weighted by molar-refractivity contribution is 1.07. The van der Waals surface area contributed by atoms with E-state index < -0.39 is 0 Å². The second kappa shape index (κ2) is 13.7. The zero-order chi connectivity index (χ0) is 36.6. The molecule has 0 N–H and O–H groups in total. The highest BCUT2D eigenvalue weighted by atomic mass is 15.3. The lowest BCUT2D eigenvalue weighted by Gasteiger charge is -2.12. The molecule has 10 rings (SSSR count). The van der Waals surface area contributed by atoms with Crippen LogP contribution in [-0.2, 0) is 0 Å². The molecule has 0 aliphatic rings. The molecule has 0 saturated carbocycles. The Bertz CT molecular complexity index is 2920. The first-order valence-corrected chi connectivity index (χ1v) is 18.1. The van der Waals surface area contributed by atoms with Gasteiger partial charge in [0.1, 0.15) is 5.82 Å². The minimum atomic E-state index is 0.607. The molecule has 7 heteroatoms. The Morgan fingerprint density at radius 2 is 0.709 bits per heavy atom. The first kappa shape index (κ1) is 32.0. The number of hydrogen-bond acceptors (Lipinski definition) is 6. The fourth-order valence-corrected chi connectivity index (χ4v) is 7.05. The summed E-state index contributed by atoms with van der Waals surface area (Å²) in [7, 11) is 0. The van der Waals surface area contributed by atoms with E-state index in [1.807, 2.05) is 91.0 Å². The van der Waals surface area contributed by atoms with Crippen LogP contribution in [0.4, 0.5) is 0 Å². The maximum absolute atomic E-state index is 5.25. The molecule has 258 valence electrons. The van der Waals surface area contributed by atoms with Gasteiger partial charge in [-0.2, -0.15) is 0 Å². The maximum atomic E-state index is 5.25. The first-order valence-electron chi connectivity index (χ1n) is 18.1. The zero-order valence-electron chi connectivity index (χ0n) is 29.5. The van der Waals surface area contributed by atoms with Crippen molar-refractivity contribution in [1.29, 1.82) is 0 Å². The van der Waals surface area contributed by atoms with E-state index in [4.69, 9.17) is 30.1 Å². The number of nitrogens with zero attached hydrogens (tertiary/aromatic N) is 7. The first-order chi connectivity index (χ1) is 27.2. The van der Waals surface area contributed by atoms with Crippen LogP contribution < -0.4 is 0 Å². The quantitative estimate of drug-likeness (QED) is 0.164. The molecule has 10 aromatic rings. The molecular formula is C48H31N7. The van der Waals surface area contributed by atoms with Gasteiger partial charge in [0.05, 0.1) is 5.52 Å². The van der Waals surface area contributed by atoms with Gasteiger partial charge in [-0.25, -0.2) is 19.9 Å². The maximum Gasteiger partial charge on any atom is 0.172 e. The van der Waals surface area contributed by atoms with Crippen LogP contribution in [0.1, 0.15) is 0 Å². The van der Waals surface area contributed by atoms with E-state index in [-0.39, 0.29) is 0 Å². The Morgan fingerprint density at radius 1 is 0.291 bits per heavy atom. The predicted octanol–water partition coefficient (Wildman–Crippen LogP) is 11.1. The van der Waals surface area contributed by atoms with Gasteiger partial charge in [-0.15, -0.1) is 10.2 Å². The Morgan fingerprint density at radius 3 is 1.31 bits per heavy atom. The fourth-order valence-electron chi connectivity index (χ4n) is 7.05. The number of aromatic nitrogens is 7. The van der Waals surface area contributed by atoms with Gasteiger partial charge in [-0.1, -0.05) is 158 Å². The van der Waals surface area contributed by atoms with E-state index >= 15 is 0 Å². The summed E-state index contributed by atoms with van der Waals surface area (Å²) >= 11 is 0. The third-order valence-electron chi connectivity index (χ3n) is 9.75. The molecular weight excluding hydrogens is 675 g/mol. The monoisotopic (exact) mass is 705 g/mol. The van der Waals surface area contributed by atoms with Gasteiger partial charge < -0.3 is 0 Å². The van der Waals surface area contributed by atoms with Gasteiger partial charge in [0.25, 0.3) is 0 Å². The fraction of sp³-hybridized carbons (Fsp3) is 0. The van der Waals surface area contributed by atoms with Crippen LogP contribution in [-0.4, -0.2) is 34.5 Å².